The van der Waals surface area contributed by atoms with E-state index < -0.39 is 0 Å². The average molecular weight is 180 g/mol. The highest BCUT2D eigenvalue weighted by molar-refractivity contribution is 5.82. The lowest BCUT2D eigenvalue weighted by Crippen LogP contribution is -2.00. The lowest BCUT2D eigenvalue weighted by Gasteiger charge is -1.97. The molecule has 0 spiro atoms. The first-order valence-corrected chi connectivity index (χ1v) is 4.97. The van der Waals surface area contributed by atoms with E-state index in [-0.39, 0.29) is 5.78 Å². The summed E-state index contributed by atoms with van der Waals surface area (Å²) in [5, 5.41) is 0. The molecule has 0 aromatic heterocycles. The SMILES string of the molecule is O=C1C/C=C\CCCC(=O)CCC1. The Morgan fingerprint density at radius 3 is 2.38 bits per heavy atom. The van der Waals surface area contributed by atoms with E-state index in [1.807, 2.05) is 12.2 Å². The highest BCUT2D eigenvalue weighted by Crippen LogP contribution is 2.08. The van der Waals surface area contributed by atoms with E-state index in [9.17, 15) is 9.59 Å². The summed E-state index contributed by atoms with van der Waals surface area (Å²) >= 11 is 0. The quantitative estimate of drug-likeness (QED) is 0.536. The molecule has 0 bridgehead atoms. The van der Waals surface area contributed by atoms with Crippen LogP contribution >= 0.6 is 0 Å². The van der Waals surface area contributed by atoms with Gasteiger partial charge in [0.05, 0.1) is 0 Å². The van der Waals surface area contributed by atoms with Crippen LogP contribution in [0.25, 0.3) is 0 Å². The molecule has 0 amide bonds. The predicted molar refractivity (Wildman–Crippen MR) is 51.5 cm³/mol. The number of allylic oxidation sites excluding steroid dienone is 2. The molecule has 13 heavy (non-hydrogen) atoms. The summed E-state index contributed by atoms with van der Waals surface area (Å²) in [6, 6.07) is 0. The first kappa shape index (κ1) is 10.2. The monoisotopic (exact) mass is 180 g/mol. The number of rotatable bonds is 0. The standard InChI is InChI=1S/C11H16O2/c12-10-6-3-1-2-4-7-11(13)9-5-8-10/h1,3H,2,4-9H2/b3-1-. The fourth-order valence-electron chi connectivity index (χ4n) is 1.46. The van der Waals surface area contributed by atoms with Gasteiger partial charge >= 0.3 is 0 Å². The summed E-state index contributed by atoms with van der Waals surface area (Å²) in [5.74, 6) is 0.564. The number of hydrogen-bond donors (Lipinski definition) is 0. The molecular formula is C11H16O2. The minimum absolute atomic E-state index is 0.256. The van der Waals surface area contributed by atoms with Crippen LogP contribution in [0.5, 0.6) is 0 Å². The smallest absolute Gasteiger partial charge is 0.136 e. The van der Waals surface area contributed by atoms with Gasteiger partial charge in [0.15, 0.2) is 0 Å². The molecule has 0 N–H and O–H groups in total. The normalized spacial score (nSPS) is 23.7. The van der Waals surface area contributed by atoms with Gasteiger partial charge in [-0.2, -0.15) is 0 Å². The summed E-state index contributed by atoms with van der Waals surface area (Å²) in [5.41, 5.74) is 0. The largest absolute Gasteiger partial charge is 0.300 e. The van der Waals surface area contributed by atoms with Crippen molar-refractivity contribution in [2.75, 3.05) is 0 Å². The van der Waals surface area contributed by atoms with E-state index in [4.69, 9.17) is 0 Å². The molecule has 0 aliphatic heterocycles. The van der Waals surface area contributed by atoms with Crippen molar-refractivity contribution in [3.05, 3.63) is 12.2 Å². The highest BCUT2D eigenvalue weighted by Gasteiger charge is 2.05. The lowest BCUT2D eigenvalue weighted by atomic mass is 10.1. The predicted octanol–water partition coefficient (Wildman–Crippen LogP) is 2.43. The van der Waals surface area contributed by atoms with Crippen LogP contribution in [0, 0.1) is 0 Å². The maximum atomic E-state index is 11.2. The molecule has 0 fully saturated rings. The molecule has 1 aliphatic rings. The topological polar surface area (TPSA) is 34.1 Å². The van der Waals surface area contributed by atoms with Crippen molar-refractivity contribution in [3.8, 4) is 0 Å². The maximum absolute atomic E-state index is 11.2. The third-order valence-corrected chi connectivity index (χ3v) is 2.25. The second kappa shape index (κ2) is 5.68. The Balaban J connectivity index is 2.40. The highest BCUT2D eigenvalue weighted by atomic mass is 16.1. The second-order valence-electron chi connectivity index (χ2n) is 3.50. The molecular weight excluding hydrogens is 164 g/mol. The molecule has 2 nitrogen and oxygen atoms in total. The molecule has 2 heteroatoms. The Kier molecular flexibility index (Phi) is 4.44. The summed E-state index contributed by atoms with van der Waals surface area (Å²) in [4.78, 5) is 22.3. The summed E-state index contributed by atoms with van der Waals surface area (Å²) < 4.78 is 0. The fourth-order valence-corrected chi connectivity index (χ4v) is 1.46. The van der Waals surface area contributed by atoms with Crippen LogP contribution in [0.3, 0.4) is 0 Å². The van der Waals surface area contributed by atoms with Crippen LogP contribution in [-0.2, 0) is 9.59 Å². The number of carbonyl (C=O) groups is 2. The Morgan fingerprint density at radius 1 is 0.846 bits per heavy atom. The van der Waals surface area contributed by atoms with Gasteiger partial charge in [0.25, 0.3) is 0 Å². The Bertz CT molecular complexity index is 216. The van der Waals surface area contributed by atoms with Gasteiger partial charge in [0, 0.05) is 25.7 Å². The third-order valence-electron chi connectivity index (χ3n) is 2.25. The van der Waals surface area contributed by atoms with Crippen LogP contribution in [0.4, 0.5) is 0 Å². The summed E-state index contributed by atoms with van der Waals surface area (Å²) in [6.45, 7) is 0. The van der Waals surface area contributed by atoms with E-state index in [0.717, 1.165) is 19.3 Å². The molecule has 0 saturated carbocycles. The van der Waals surface area contributed by atoms with Crippen LogP contribution in [-0.4, -0.2) is 11.6 Å². The number of hydrogen-bond acceptors (Lipinski definition) is 2. The zero-order valence-corrected chi connectivity index (χ0v) is 7.92. The minimum Gasteiger partial charge on any atom is -0.300 e. The van der Waals surface area contributed by atoms with Crippen LogP contribution in [0.2, 0.25) is 0 Å². The van der Waals surface area contributed by atoms with Gasteiger partial charge in [-0.1, -0.05) is 12.2 Å². The van der Waals surface area contributed by atoms with Crippen molar-refractivity contribution in [1.82, 2.24) is 0 Å². The van der Waals surface area contributed by atoms with Gasteiger partial charge in [-0.15, -0.1) is 0 Å². The number of ketones is 2. The van der Waals surface area contributed by atoms with Crippen molar-refractivity contribution >= 4 is 11.6 Å². The lowest BCUT2D eigenvalue weighted by molar-refractivity contribution is -0.120. The van der Waals surface area contributed by atoms with Crippen LogP contribution < -0.4 is 0 Å². The number of Topliss-reactive ketones (excluding diaryl/α,β-unsaturated/α-hetero) is 2. The Labute approximate surface area is 79.0 Å². The first-order chi connectivity index (χ1) is 6.29. The Morgan fingerprint density at radius 2 is 1.54 bits per heavy atom. The Hall–Kier alpha value is -0.920. The van der Waals surface area contributed by atoms with Crippen LogP contribution in [0.1, 0.15) is 44.9 Å². The molecule has 0 aromatic rings. The van der Waals surface area contributed by atoms with Crippen molar-refractivity contribution in [1.29, 1.82) is 0 Å². The molecule has 72 valence electrons. The fraction of sp³-hybridized carbons (Fsp3) is 0.636. The number of carbonyl (C=O) groups excluding carboxylic acids is 2. The van der Waals surface area contributed by atoms with E-state index in [2.05, 4.69) is 0 Å². The molecule has 0 unspecified atom stereocenters. The van der Waals surface area contributed by atoms with E-state index in [0.29, 0.717) is 31.5 Å². The minimum atomic E-state index is 0.256. The maximum Gasteiger partial charge on any atom is 0.136 e. The molecule has 0 atom stereocenters. The van der Waals surface area contributed by atoms with Gasteiger partial charge in [-0.05, 0) is 19.3 Å². The summed E-state index contributed by atoms with van der Waals surface area (Å²) in [6.07, 6.45) is 8.93. The van der Waals surface area contributed by atoms with Crippen LogP contribution in [0.15, 0.2) is 12.2 Å². The van der Waals surface area contributed by atoms with E-state index >= 15 is 0 Å². The average Bonchev–Trinajstić information content (AvgIpc) is 2.13. The molecule has 0 aromatic carbocycles. The third kappa shape index (κ3) is 4.61. The van der Waals surface area contributed by atoms with Gasteiger partial charge in [0.2, 0.25) is 0 Å². The second-order valence-corrected chi connectivity index (χ2v) is 3.50. The van der Waals surface area contributed by atoms with E-state index in [1.54, 1.807) is 0 Å². The van der Waals surface area contributed by atoms with Crippen molar-refractivity contribution in [2.45, 2.75) is 44.9 Å². The zero-order valence-electron chi connectivity index (χ0n) is 7.92. The van der Waals surface area contributed by atoms with Gasteiger partial charge in [-0.3, -0.25) is 9.59 Å². The van der Waals surface area contributed by atoms with E-state index in [1.165, 1.54) is 0 Å². The van der Waals surface area contributed by atoms with Gasteiger partial charge < -0.3 is 0 Å². The zero-order chi connectivity index (χ0) is 9.52. The van der Waals surface area contributed by atoms with Crippen molar-refractivity contribution < 1.29 is 9.59 Å². The molecule has 0 radical (unpaired) electrons. The first-order valence-electron chi connectivity index (χ1n) is 4.97. The molecule has 0 saturated heterocycles. The van der Waals surface area contributed by atoms with Crippen molar-refractivity contribution in [3.63, 3.8) is 0 Å². The summed E-state index contributed by atoms with van der Waals surface area (Å²) in [7, 11) is 0. The molecule has 1 aliphatic carbocycles. The van der Waals surface area contributed by atoms with Gasteiger partial charge in [0.1, 0.15) is 11.6 Å². The molecule has 1 rings (SSSR count). The van der Waals surface area contributed by atoms with Crippen molar-refractivity contribution in [2.24, 2.45) is 0 Å². The molecule has 0 heterocycles. The van der Waals surface area contributed by atoms with Gasteiger partial charge in [-0.25, -0.2) is 0 Å².